The van der Waals surface area contributed by atoms with E-state index in [9.17, 15) is 0 Å². The third kappa shape index (κ3) is 7.97. The minimum absolute atomic E-state index is 1.07. The molecular weight excluding hydrogens is 831 g/mol. The number of anilines is 3. The number of hydrogen-bond acceptors (Lipinski definition) is 1. The molecule has 1 heteroatoms. The first kappa shape index (κ1) is 41.4. The monoisotopic (exact) mass is 877 g/mol. The molecule has 0 bridgehead atoms. The standard InChI is InChI=1S/C68H47N/c1-7-23-48(24-8-1)54-40-42-66(63(46-54)51-29-13-4-14-30-51)69(58-44-56(49-25-9-2-10-26-49)43-57(45-58)50-27-11-3-12-28-50)65-38-22-21-35-59(65)55-39-41-61-60-36-19-20-37-62(60)67(52-31-15-5-16-32-52)68(64(61)47-55)53-33-17-6-18-34-53/h1-47H. The Labute approximate surface area is 404 Å². The van der Waals surface area contributed by atoms with Crippen LogP contribution in [0.15, 0.2) is 285 Å². The lowest BCUT2D eigenvalue weighted by Gasteiger charge is -2.31. The topological polar surface area (TPSA) is 3.24 Å². The Bertz CT molecular complexity index is 3680. The molecule has 0 saturated carbocycles. The quantitative estimate of drug-likeness (QED) is 0.124. The van der Waals surface area contributed by atoms with Gasteiger partial charge in [0.05, 0.1) is 11.4 Å². The molecule has 0 aliphatic rings. The summed E-state index contributed by atoms with van der Waals surface area (Å²) in [5, 5.41) is 4.93. The predicted octanol–water partition coefficient (Wildman–Crippen LogP) is 19.1. The number of nitrogens with zero attached hydrogens (tertiary/aromatic N) is 1. The van der Waals surface area contributed by atoms with Gasteiger partial charge >= 0.3 is 0 Å². The minimum Gasteiger partial charge on any atom is -0.309 e. The fraction of sp³-hybridized carbons (Fsp3) is 0. The molecule has 0 unspecified atom stereocenters. The van der Waals surface area contributed by atoms with Crippen LogP contribution in [0.3, 0.4) is 0 Å². The molecule has 0 heterocycles. The van der Waals surface area contributed by atoms with Gasteiger partial charge in [0.1, 0.15) is 0 Å². The summed E-state index contributed by atoms with van der Waals surface area (Å²) in [5.74, 6) is 0. The Morgan fingerprint density at radius 1 is 0.188 bits per heavy atom. The normalized spacial score (nSPS) is 11.2. The van der Waals surface area contributed by atoms with Crippen LogP contribution in [0, 0.1) is 0 Å². The third-order valence-corrected chi connectivity index (χ3v) is 13.4. The Balaban J connectivity index is 1.16. The fourth-order valence-electron chi connectivity index (χ4n) is 10.2. The van der Waals surface area contributed by atoms with Gasteiger partial charge in [0, 0.05) is 16.8 Å². The van der Waals surface area contributed by atoms with Crippen LogP contribution in [-0.2, 0) is 0 Å². The Morgan fingerprint density at radius 3 is 1.16 bits per heavy atom. The molecule has 12 aromatic carbocycles. The zero-order valence-electron chi connectivity index (χ0n) is 38.1. The van der Waals surface area contributed by atoms with Crippen LogP contribution in [0.25, 0.3) is 99.4 Å². The van der Waals surface area contributed by atoms with Crippen molar-refractivity contribution in [2.75, 3.05) is 4.90 Å². The number of benzene rings is 12. The van der Waals surface area contributed by atoms with Crippen LogP contribution in [0.5, 0.6) is 0 Å². The second kappa shape index (κ2) is 18.3. The largest absolute Gasteiger partial charge is 0.309 e. The van der Waals surface area contributed by atoms with Crippen molar-refractivity contribution in [1.82, 2.24) is 0 Å². The molecule has 12 rings (SSSR count). The summed E-state index contributed by atoms with van der Waals surface area (Å²) in [7, 11) is 0. The summed E-state index contributed by atoms with van der Waals surface area (Å²) >= 11 is 0. The van der Waals surface area contributed by atoms with Crippen molar-refractivity contribution in [2.24, 2.45) is 0 Å². The molecule has 0 aliphatic heterocycles. The number of fused-ring (bicyclic) bond motifs is 3. The van der Waals surface area contributed by atoms with Gasteiger partial charge in [-0.1, -0.05) is 243 Å². The van der Waals surface area contributed by atoms with E-state index in [0.29, 0.717) is 0 Å². The van der Waals surface area contributed by atoms with Crippen molar-refractivity contribution in [2.45, 2.75) is 0 Å². The second-order valence-electron chi connectivity index (χ2n) is 17.6. The van der Waals surface area contributed by atoms with Crippen molar-refractivity contribution in [1.29, 1.82) is 0 Å². The van der Waals surface area contributed by atoms with Crippen molar-refractivity contribution >= 4 is 38.6 Å². The molecule has 0 amide bonds. The molecule has 0 N–H and O–H groups in total. The van der Waals surface area contributed by atoms with E-state index in [1.54, 1.807) is 0 Å². The summed E-state index contributed by atoms with van der Waals surface area (Å²) < 4.78 is 0. The number of para-hydroxylation sites is 1. The van der Waals surface area contributed by atoms with Crippen molar-refractivity contribution in [3.8, 4) is 77.9 Å². The van der Waals surface area contributed by atoms with Gasteiger partial charge in [-0.15, -0.1) is 0 Å². The second-order valence-corrected chi connectivity index (χ2v) is 17.6. The maximum Gasteiger partial charge on any atom is 0.0540 e. The summed E-state index contributed by atoms with van der Waals surface area (Å²) in [6, 6.07) is 104. The van der Waals surface area contributed by atoms with Crippen LogP contribution >= 0.6 is 0 Å². The summed E-state index contributed by atoms with van der Waals surface area (Å²) in [5.41, 5.74) is 19.6. The Morgan fingerprint density at radius 2 is 0.594 bits per heavy atom. The average molecular weight is 878 g/mol. The molecule has 0 aliphatic carbocycles. The zero-order valence-corrected chi connectivity index (χ0v) is 38.1. The van der Waals surface area contributed by atoms with Gasteiger partial charge in [0.25, 0.3) is 0 Å². The van der Waals surface area contributed by atoms with Gasteiger partial charge in [-0.25, -0.2) is 0 Å². The first-order chi connectivity index (χ1) is 34.2. The molecule has 1 nitrogen and oxygen atoms in total. The van der Waals surface area contributed by atoms with Crippen molar-refractivity contribution in [3.63, 3.8) is 0 Å². The highest BCUT2D eigenvalue weighted by Crippen LogP contribution is 2.50. The molecule has 0 fully saturated rings. The lowest BCUT2D eigenvalue weighted by molar-refractivity contribution is 1.28. The SMILES string of the molecule is c1ccc(-c2cc(-c3ccccc3)cc(N(c3ccccc3-c3ccc4c(c3)c(-c3ccccc3)c(-c3ccccc3)c3ccccc34)c3ccc(-c4ccccc4)cc3-c3ccccc3)c2)cc1. The molecule has 0 aromatic heterocycles. The van der Waals surface area contributed by atoms with Gasteiger partial charge in [0.15, 0.2) is 0 Å². The Kier molecular flexibility index (Phi) is 11.0. The predicted molar refractivity (Wildman–Crippen MR) is 294 cm³/mol. The first-order valence-electron chi connectivity index (χ1n) is 23.7. The number of hydrogen-bond donors (Lipinski definition) is 0. The molecular formula is C68H47N. The smallest absolute Gasteiger partial charge is 0.0540 e. The van der Waals surface area contributed by atoms with E-state index in [0.717, 1.165) is 61.6 Å². The first-order valence-corrected chi connectivity index (χ1v) is 23.7. The van der Waals surface area contributed by atoms with E-state index in [2.05, 4.69) is 290 Å². The Hall–Kier alpha value is -9.04. The van der Waals surface area contributed by atoms with E-state index in [4.69, 9.17) is 0 Å². The van der Waals surface area contributed by atoms with E-state index >= 15 is 0 Å². The van der Waals surface area contributed by atoms with Gasteiger partial charge in [-0.3, -0.25) is 0 Å². The molecule has 324 valence electrons. The van der Waals surface area contributed by atoms with Crippen LogP contribution < -0.4 is 4.90 Å². The van der Waals surface area contributed by atoms with E-state index in [1.807, 2.05) is 0 Å². The fourth-order valence-corrected chi connectivity index (χ4v) is 10.2. The molecule has 69 heavy (non-hydrogen) atoms. The van der Waals surface area contributed by atoms with Gasteiger partial charge < -0.3 is 4.90 Å². The van der Waals surface area contributed by atoms with Gasteiger partial charge in [-0.05, 0) is 131 Å². The van der Waals surface area contributed by atoms with Crippen molar-refractivity contribution in [3.05, 3.63) is 285 Å². The van der Waals surface area contributed by atoms with E-state index in [1.165, 1.54) is 54.9 Å². The van der Waals surface area contributed by atoms with Crippen LogP contribution in [0.4, 0.5) is 17.1 Å². The highest BCUT2D eigenvalue weighted by Gasteiger charge is 2.24. The van der Waals surface area contributed by atoms with Crippen LogP contribution in [-0.4, -0.2) is 0 Å². The summed E-state index contributed by atoms with van der Waals surface area (Å²) in [4.78, 5) is 2.50. The molecule has 0 spiro atoms. The van der Waals surface area contributed by atoms with E-state index < -0.39 is 0 Å². The van der Waals surface area contributed by atoms with Crippen LogP contribution in [0.2, 0.25) is 0 Å². The summed E-state index contributed by atoms with van der Waals surface area (Å²) in [6.45, 7) is 0. The van der Waals surface area contributed by atoms with Gasteiger partial charge in [0.2, 0.25) is 0 Å². The lowest BCUT2D eigenvalue weighted by Crippen LogP contribution is -2.13. The molecule has 0 radical (unpaired) electrons. The molecule has 0 atom stereocenters. The summed E-state index contributed by atoms with van der Waals surface area (Å²) in [6.07, 6.45) is 0. The third-order valence-electron chi connectivity index (χ3n) is 13.4. The average Bonchev–Trinajstić information content (AvgIpc) is 3.44. The van der Waals surface area contributed by atoms with Gasteiger partial charge in [-0.2, -0.15) is 0 Å². The van der Waals surface area contributed by atoms with E-state index in [-0.39, 0.29) is 0 Å². The van der Waals surface area contributed by atoms with Crippen LogP contribution in [0.1, 0.15) is 0 Å². The zero-order chi connectivity index (χ0) is 45.9. The number of rotatable bonds is 10. The molecule has 0 saturated heterocycles. The maximum absolute atomic E-state index is 2.50. The maximum atomic E-state index is 2.50. The minimum atomic E-state index is 1.07. The lowest BCUT2D eigenvalue weighted by atomic mass is 9.84. The molecule has 12 aromatic rings. The highest BCUT2D eigenvalue weighted by atomic mass is 15.1. The van der Waals surface area contributed by atoms with Crippen molar-refractivity contribution < 1.29 is 0 Å². The highest BCUT2D eigenvalue weighted by molar-refractivity contribution is 6.22.